The number of hydrogen-bond acceptors (Lipinski definition) is 6. The Morgan fingerprint density at radius 2 is 1.31 bits per heavy atom. The maximum absolute atomic E-state index is 12.2. The molecule has 0 aromatic heterocycles. The number of hydrogen-bond donors (Lipinski definition) is 0. The number of carbonyl (C=O) groups excluding carboxylic acids is 1. The molecule has 1 aliphatic rings. The summed E-state index contributed by atoms with van der Waals surface area (Å²) in [4.78, 5) is 23.9. The molecule has 0 spiro atoms. The van der Waals surface area contributed by atoms with E-state index < -0.39 is 13.4 Å². The lowest BCUT2D eigenvalue weighted by molar-refractivity contribution is -0.870. The van der Waals surface area contributed by atoms with Crippen LogP contribution < -0.4 is 4.89 Å². The van der Waals surface area contributed by atoms with Gasteiger partial charge in [-0.25, -0.2) is 0 Å². The number of phosphoric ester groups is 1. The van der Waals surface area contributed by atoms with Crippen LogP contribution in [0.1, 0.15) is 129 Å². The quantitative estimate of drug-likeness (QED) is 0.0579. The molecule has 2 atom stereocenters. The summed E-state index contributed by atoms with van der Waals surface area (Å²) in [5.41, 5.74) is -0.837. The number of quaternary nitrogens is 1. The largest absolute Gasteiger partial charge is 0.756 e. The van der Waals surface area contributed by atoms with Crippen molar-refractivity contribution in [3.05, 3.63) is 0 Å². The van der Waals surface area contributed by atoms with Gasteiger partial charge in [0.15, 0.2) is 0 Å². The summed E-state index contributed by atoms with van der Waals surface area (Å²) in [6.07, 6.45) is 22.3. The third-order valence-corrected chi connectivity index (χ3v) is 8.04. The number of ether oxygens (including phenoxy) is 1. The van der Waals surface area contributed by atoms with Crippen LogP contribution in [0.3, 0.4) is 0 Å². The number of carbonyl (C=O) groups is 1. The molecule has 2 unspecified atom stereocenters. The van der Waals surface area contributed by atoms with E-state index in [9.17, 15) is 14.3 Å². The lowest BCUT2D eigenvalue weighted by Gasteiger charge is -2.32. The van der Waals surface area contributed by atoms with Crippen molar-refractivity contribution < 1.29 is 32.5 Å². The van der Waals surface area contributed by atoms with E-state index in [1.807, 2.05) is 21.1 Å². The molecular weight excluding hydrogens is 477 g/mol. The van der Waals surface area contributed by atoms with Crippen LogP contribution in [0.4, 0.5) is 0 Å². The minimum Gasteiger partial charge on any atom is -0.756 e. The maximum Gasteiger partial charge on any atom is 0.306 e. The van der Waals surface area contributed by atoms with E-state index in [0.717, 1.165) is 19.3 Å². The molecule has 1 fully saturated rings. The topological polar surface area (TPSA) is 84.9 Å². The fourth-order valence-electron chi connectivity index (χ4n) is 4.68. The Bertz CT molecular complexity index is 624. The van der Waals surface area contributed by atoms with Crippen molar-refractivity contribution in [3.8, 4) is 0 Å². The number of unbranched alkanes of at least 4 members (excludes halogenated alkanes) is 15. The van der Waals surface area contributed by atoms with E-state index in [-0.39, 0.29) is 19.2 Å². The zero-order chi connectivity index (χ0) is 26.8. The molecule has 8 heteroatoms. The number of rotatable bonds is 24. The molecule has 0 radical (unpaired) electrons. The van der Waals surface area contributed by atoms with Crippen molar-refractivity contribution in [1.82, 2.24) is 0 Å². The zero-order valence-electron chi connectivity index (χ0n) is 23.9. The van der Waals surface area contributed by atoms with Crippen molar-refractivity contribution in [2.75, 3.05) is 40.9 Å². The van der Waals surface area contributed by atoms with Gasteiger partial charge in [0.25, 0.3) is 7.82 Å². The monoisotopic (exact) mass is 533 g/mol. The third-order valence-electron chi connectivity index (χ3n) is 7.10. The Hall–Kier alpha value is -0.460. The van der Waals surface area contributed by atoms with Gasteiger partial charge < -0.3 is 23.2 Å². The van der Waals surface area contributed by atoms with Crippen molar-refractivity contribution in [2.45, 2.75) is 135 Å². The highest BCUT2D eigenvalue weighted by Crippen LogP contribution is 2.42. The SMILES string of the molecule is CCCCCCCCCCCCCCCCCCC1(COP(=O)([O-])OCC[N+](C)(C)C)CCC(=O)O1. The first-order valence-corrected chi connectivity index (χ1v) is 16.2. The first-order valence-electron chi connectivity index (χ1n) is 14.7. The van der Waals surface area contributed by atoms with Crippen LogP contribution in [0.25, 0.3) is 0 Å². The summed E-state index contributed by atoms with van der Waals surface area (Å²) >= 11 is 0. The molecule has 214 valence electrons. The first kappa shape index (κ1) is 33.6. The molecule has 0 aromatic rings. The molecular formula is C28H56NO6P. The van der Waals surface area contributed by atoms with Gasteiger partial charge in [0, 0.05) is 6.42 Å². The summed E-state index contributed by atoms with van der Waals surface area (Å²) in [6, 6.07) is 0. The Balaban J connectivity index is 2.10. The summed E-state index contributed by atoms with van der Waals surface area (Å²) in [5.74, 6) is -0.276. The molecule has 0 bridgehead atoms. The van der Waals surface area contributed by atoms with E-state index in [1.54, 1.807) is 0 Å². The number of cyclic esters (lactones) is 1. The third kappa shape index (κ3) is 17.9. The molecule has 1 rings (SSSR count). The van der Waals surface area contributed by atoms with Gasteiger partial charge in [0.1, 0.15) is 18.8 Å². The van der Waals surface area contributed by atoms with E-state index in [4.69, 9.17) is 13.8 Å². The lowest BCUT2D eigenvalue weighted by Crippen LogP contribution is -2.38. The molecule has 36 heavy (non-hydrogen) atoms. The summed E-state index contributed by atoms with van der Waals surface area (Å²) in [7, 11) is 1.47. The van der Waals surface area contributed by atoms with Crippen molar-refractivity contribution in [1.29, 1.82) is 0 Å². The van der Waals surface area contributed by atoms with Gasteiger partial charge in [-0.15, -0.1) is 0 Å². The fourth-order valence-corrected chi connectivity index (χ4v) is 5.45. The average molecular weight is 534 g/mol. The van der Waals surface area contributed by atoms with Crippen LogP contribution in [-0.4, -0.2) is 57.0 Å². The molecule has 7 nitrogen and oxygen atoms in total. The summed E-state index contributed by atoms with van der Waals surface area (Å²) in [6.45, 7) is 2.73. The van der Waals surface area contributed by atoms with Crippen molar-refractivity contribution >= 4 is 13.8 Å². The van der Waals surface area contributed by atoms with Crippen LogP contribution >= 0.6 is 7.82 Å². The van der Waals surface area contributed by atoms with Crippen molar-refractivity contribution in [3.63, 3.8) is 0 Å². The van der Waals surface area contributed by atoms with Gasteiger partial charge in [0.2, 0.25) is 0 Å². The second-order valence-corrected chi connectivity index (χ2v) is 13.2. The Morgan fingerprint density at radius 1 is 0.833 bits per heavy atom. The maximum atomic E-state index is 12.2. The van der Waals surface area contributed by atoms with Gasteiger partial charge in [-0.05, 0) is 19.3 Å². The predicted molar refractivity (Wildman–Crippen MR) is 145 cm³/mol. The molecule has 1 heterocycles. The average Bonchev–Trinajstić information content (AvgIpc) is 3.17. The molecule has 0 aromatic carbocycles. The van der Waals surface area contributed by atoms with Gasteiger partial charge in [-0.3, -0.25) is 9.36 Å². The van der Waals surface area contributed by atoms with E-state index >= 15 is 0 Å². The Labute approximate surface area is 221 Å². The van der Waals surface area contributed by atoms with Crippen LogP contribution in [0, 0.1) is 0 Å². The van der Waals surface area contributed by atoms with E-state index in [2.05, 4.69) is 6.92 Å². The Kier molecular flexibility index (Phi) is 17.5. The fraction of sp³-hybridized carbons (Fsp3) is 0.964. The van der Waals surface area contributed by atoms with Crippen LogP contribution in [-0.2, 0) is 23.1 Å². The smallest absolute Gasteiger partial charge is 0.306 e. The lowest BCUT2D eigenvalue weighted by atomic mass is 9.93. The highest BCUT2D eigenvalue weighted by atomic mass is 31.2. The summed E-state index contributed by atoms with van der Waals surface area (Å²) in [5, 5.41) is 0. The molecule has 0 saturated carbocycles. The summed E-state index contributed by atoms with van der Waals surface area (Å²) < 4.78 is 28.4. The van der Waals surface area contributed by atoms with Gasteiger partial charge in [-0.2, -0.15) is 0 Å². The second-order valence-electron chi connectivity index (χ2n) is 11.8. The molecule has 0 amide bonds. The minimum atomic E-state index is -4.42. The molecule has 0 N–H and O–H groups in total. The number of nitrogens with zero attached hydrogens (tertiary/aromatic N) is 1. The molecule has 0 aliphatic carbocycles. The standard InChI is InChI=1S/C28H56NO6P/c1-5-6-7-8-9-10-11-12-13-14-15-16-17-18-19-20-22-28(23-21-27(30)35-28)26-34-36(31,32)33-25-24-29(2,3)4/h5-26H2,1-4H3. The van der Waals surface area contributed by atoms with Gasteiger partial charge >= 0.3 is 5.97 Å². The van der Waals surface area contributed by atoms with Crippen LogP contribution in [0.5, 0.6) is 0 Å². The number of phosphoric acid groups is 1. The first-order chi connectivity index (χ1) is 17.1. The molecule has 1 aliphatic heterocycles. The highest BCUT2D eigenvalue weighted by molar-refractivity contribution is 7.45. The van der Waals surface area contributed by atoms with E-state index in [0.29, 0.717) is 30.3 Å². The van der Waals surface area contributed by atoms with Crippen LogP contribution in [0.2, 0.25) is 0 Å². The second kappa shape index (κ2) is 18.7. The van der Waals surface area contributed by atoms with Gasteiger partial charge in [0.05, 0.1) is 27.7 Å². The van der Waals surface area contributed by atoms with E-state index in [1.165, 1.54) is 83.5 Å². The van der Waals surface area contributed by atoms with Gasteiger partial charge in [-0.1, -0.05) is 103 Å². The minimum absolute atomic E-state index is 0.0657. The zero-order valence-corrected chi connectivity index (χ0v) is 24.8. The number of likely N-dealkylation sites (N-methyl/N-ethyl adjacent to an activating group) is 1. The number of esters is 1. The van der Waals surface area contributed by atoms with Crippen molar-refractivity contribution in [2.24, 2.45) is 0 Å². The highest BCUT2D eigenvalue weighted by Gasteiger charge is 2.41. The predicted octanol–water partition coefficient (Wildman–Crippen LogP) is 6.92. The molecule has 1 saturated heterocycles. The Morgan fingerprint density at radius 3 is 1.72 bits per heavy atom. The normalized spacial score (nSPS) is 20.0. The van der Waals surface area contributed by atoms with Crippen LogP contribution in [0.15, 0.2) is 0 Å².